The molecule has 3 rings (SSSR count). The van der Waals surface area contributed by atoms with Crippen molar-refractivity contribution >= 4 is 23.4 Å². The minimum absolute atomic E-state index is 0.0994. The molecule has 0 aromatic heterocycles. The van der Waals surface area contributed by atoms with Crippen molar-refractivity contribution in [3.05, 3.63) is 101 Å². The number of carbonyl (C=O) groups excluding carboxylic acids is 2. The lowest BCUT2D eigenvalue weighted by atomic mass is 10.0. The molecule has 0 aliphatic rings. The summed E-state index contributed by atoms with van der Waals surface area (Å²) in [7, 11) is 0. The number of rotatable bonds is 11. The standard InChI is InChI=1S/C28H30ClFN2O3/c1-20(2)16-17-31-28(34)27(22-8-4-3-5-9-22)32(18-21-12-14-23(30)15-13-21)26(33)19-35-25-11-7-6-10-24(25)29/h3-15,20,27H,16-19H2,1-2H3,(H,31,34). The van der Waals surface area contributed by atoms with Crippen molar-refractivity contribution in [2.75, 3.05) is 13.2 Å². The second-order valence-corrected chi connectivity index (χ2v) is 9.06. The van der Waals surface area contributed by atoms with Gasteiger partial charge in [0.05, 0.1) is 5.02 Å². The third-order valence-electron chi connectivity index (χ3n) is 5.47. The zero-order valence-corrected chi connectivity index (χ0v) is 20.7. The maximum absolute atomic E-state index is 13.5. The summed E-state index contributed by atoms with van der Waals surface area (Å²) < 4.78 is 19.2. The largest absolute Gasteiger partial charge is 0.482 e. The zero-order chi connectivity index (χ0) is 25.2. The first-order chi connectivity index (χ1) is 16.8. The molecule has 0 saturated heterocycles. The molecule has 0 bridgehead atoms. The van der Waals surface area contributed by atoms with Crippen LogP contribution in [0.15, 0.2) is 78.9 Å². The van der Waals surface area contributed by atoms with Gasteiger partial charge in [0, 0.05) is 13.1 Å². The molecule has 0 radical (unpaired) electrons. The van der Waals surface area contributed by atoms with Crippen LogP contribution in [0.3, 0.4) is 0 Å². The number of para-hydroxylation sites is 1. The molecule has 2 amide bonds. The van der Waals surface area contributed by atoms with E-state index in [0.29, 0.717) is 34.4 Å². The quantitative estimate of drug-likeness (QED) is 0.365. The van der Waals surface area contributed by atoms with Crippen molar-refractivity contribution < 1.29 is 18.7 Å². The van der Waals surface area contributed by atoms with E-state index in [-0.39, 0.29) is 24.9 Å². The zero-order valence-electron chi connectivity index (χ0n) is 19.9. The van der Waals surface area contributed by atoms with E-state index >= 15 is 0 Å². The van der Waals surface area contributed by atoms with Crippen LogP contribution in [0, 0.1) is 11.7 Å². The SMILES string of the molecule is CC(C)CCNC(=O)C(c1ccccc1)N(Cc1ccc(F)cc1)C(=O)COc1ccccc1Cl. The number of amides is 2. The van der Waals surface area contributed by atoms with Crippen LogP contribution in [0.4, 0.5) is 4.39 Å². The number of ether oxygens (including phenoxy) is 1. The van der Waals surface area contributed by atoms with E-state index in [9.17, 15) is 14.0 Å². The second-order valence-electron chi connectivity index (χ2n) is 8.65. The van der Waals surface area contributed by atoms with Gasteiger partial charge in [-0.1, -0.05) is 80.0 Å². The van der Waals surface area contributed by atoms with Crippen LogP contribution in [0.5, 0.6) is 5.75 Å². The monoisotopic (exact) mass is 496 g/mol. The summed E-state index contributed by atoms with van der Waals surface area (Å²) in [5.74, 6) is -0.264. The molecule has 0 heterocycles. The Kier molecular flexibility index (Phi) is 9.67. The van der Waals surface area contributed by atoms with Gasteiger partial charge in [0.1, 0.15) is 17.6 Å². The lowest BCUT2D eigenvalue weighted by molar-refractivity contribution is -0.143. The van der Waals surface area contributed by atoms with Gasteiger partial charge in [0.2, 0.25) is 5.91 Å². The number of hydrogen-bond donors (Lipinski definition) is 1. The van der Waals surface area contributed by atoms with Crippen molar-refractivity contribution in [3.8, 4) is 5.75 Å². The number of halogens is 2. The summed E-state index contributed by atoms with van der Waals surface area (Å²) >= 11 is 6.17. The van der Waals surface area contributed by atoms with Gasteiger partial charge in [0.25, 0.3) is 5.91 Å². The van der Waals surface area contributed by atoms with Crippen molar-refractivity contribution in [1.82, 2.24) is 10.2 Å². The number of nitrogens with zero attached hydrogens (tertiary/aromatic N) is 1. The lowest BCUT2D eigenvalue weighted by Gasteiger charge is -2.31. The van der Waals surface area contributed by atoms with Gasteiger partial charge >= 0.3 is 0 Å². The number of hydrogen-bond acceptors (Lipinski definition) is 3. The predicted molar refractivity (Wildman–Crippen MR) is 136 cm³/mol. The molecular formula is C28H30ClFN2O3. The Hall–Kier alpha value is -3.38. The topological polar surface area (TPSA) is 58.6 Å². The van der Waals surface area contributed by atoms with E-state index in [1.54, 1.807) is 36.4 Å². The third-order valence-corrected chi connectivity index (χ3v) is 5.78. The van der Waals surface area contributed by atoms with Crippen molar-refractivity contribution in [3.63, 3.8) is 0 Å². The van der Waals surface area contributed by atoms with Gasteiger partial charge in [-0.25, -0.2) is 4.39 Å². The summed E-state index contributed by atoms with van der Waals surface area (Å²) in [4.78, 5) is 28.4. The highest BCUT2D eigenvalue weighted by Gasteiger charge is 2.31. The van der Waals surface area contributed by atoms with E-state index in [2.05, 4.69) is 19.2 Å². The van der Waals surface area contributed by atoms with Gasteiger partial charge in [-0.15, -0.1) is 0 Å². The highest BCUT2D eigenvalue weighted by molar-refractivity contribution is 6.32. The predicted octanol–water partition coefficient (Wildman–Crippen LogP) is 5.79. The normalized spacial score (nSPS) is 11.7. The van der Waals surface area contributed by atoms with Crippen LogP contribution >= 0.6 is 11.6 Å². The minimum atomic E-state index is -0.893. The Balaban J connectivity index is 1.91. The highest BCUT2D eigenvalue weighted by atomic mass is 35.5. The highest BCUT2D eigenvalue weighted by Crippen LogP contribution is 2.26. The Morgan fingerprint density at radius 3 is 2.29 bits per heavy atom. The first-order valence-corrected chi connectivity index (χ1v) is 12.0. The van der Waals surface area contributed by atoms with Gasteiger partial charge in [-0.05, 0) is 47.7 Å². The van der Waals surface area contributed by atoms with E-state index in [4.69, 9.17) is 16.3 Å². The third kappa shape index (κ3) is 7.82. The van der Waals surface area contributed by atoms with E-state index < -0.39 is 11.9 Å². The Morgan fingerprint density at radius 2 is 1.63 bits per heavy atom. The van der Waals surface area contributed by atoms with Crippen molar-refractivity contribution in [1.29, 1.82) is 0 Å². The molecule has 7 heteroatoms. The maximum Gasteiger partial charge on any atom is 0.261 e. The smallest absolute Gasteiger partial charge is 0.261 e. The molecule has 0 fully saturated rings. The van der Waals surface area contributed by atoms with Gasteiger partial charge in [-0.3, -0.25) is 9.59 Å². The summed E-state index contributed by atoms with van der Waals surface area (Å²) in [6, 6.07) is 21.0. The summed E-state index contributed by atoms with van der Waals surface area (Å²) in [6.07, 6.45) is 0.814. The molecule has 0 spiro atoms. The van der Waals surface area contributed by atoms with Crippen LogP contribution in [0.25, 0.3) is 0 Å². The average molecular weight is 497 g/mol. The molecule has 1 atom stereocenters. The van der Waals surface area contributed by atoms with Crippen LogP contribution < -0.4 is 10.1 Å². The minimum Gasteiger partial charge on any atom is -0.482 e. The molecule has 3 aromatic rings. The first kappa shape index (κ1) is 26.2. The molecule has 1 unspecified atom stereocenters. The van der Waals surface area contributed by atoms with Crippen LogP contribution in [-0.2, 0) is 16.1 Å². The summed E-state index contributed by atoms with van der Waals surface area (Å²) in [5.41, 5.74) is 1.36. The first-order valence-electron chi connectivity index (χ1n) is 11.6. The van der Waals surface area contributed by atoms with Gasteiger partial charge in [0.15, 0.2) is 6.61 Å². The molecule has 0 aliphatic carbocycles. The summed E-state index contributed by atoms with van der Waals surface area (Å²) in [6.45, 7) is 4.44. The van der Waals surface area contributed by atoms with E-state index in [1.807, 2.05) is 30.3 Å². The lowest BCUT2D eigenvalue weighted by Crippen LogP contribution is -2.45. The van der Waals surface area contributed by atoms with Crippen LogP contribution in [0.1, 0.15) is 37.4 Å². The fourth-order valence-electron chi connectivity index (χ4n) is 3.58. The van der Waals surface area contributed by atoms with Crippen LogP contribution in [-0.4, -0.2) is 29.9 Å². The van der Waals surface area contributed by atoms with Crippen LogP contribution in [0.2, 0.25) is 5.02 Å². The van der Waals surface area contributed by atoms with E-state index in [0.717, 1.165) is 6.42 Å². The fourth-order valence-corrected chi connectivity index (χ4v) is 3.77. The molecule has 1 N–H and O–H groups in total. The molecule has 0 aliphatic heterocycles. The van der Waals surface area contributed by atoms with Gasteiger partial charge in [-0.2, -0.15) is 0 Å². The average Bonchev–Trinajstić information content (AvgIpc) is 2.84. The molecule has 0 saturated carbocycles. The van der Waals surface area contributed by atoms with E-state index in [1.165, 1.54) is 17.0 Å². The summed E-state index contributed by atoms with van der Waals surface area (Å²) in [5, 5.41) is 3.36. The maximum atomic E-state index is 13.5. The van der Waals surface area contributed by atoms with Gasteiger partial charge < -0.3 is 15.0 Å². The Morgan fingerprint density at radius 1 is 0.971 bits per heavy atom. The van der Waals surface area contributed by atoms with Crippen molar-refractivity contribution in [2.24, 2.45) is 5.92 Å². The fraction of sp³-hybridized carbons (Fsp3) is 0.286. The number of carbonyl (C=O) groups is 2. The molecule has 35 heavy (non-hydrogen) atoms. The molecule has 184 valence electrons. The number of benzene rings is 3. The molecule has 3 aromatic carbocycles. The second kappa shape index (κ2) is 12.9. The molecule has 5 nitrogen and oxygen atoms in total. The van der Waals surface area contributed by atoms with Crippen molar-refractivity contribution in [2.45, 2.75) is 32.9 Å². The Bertz CT molecular complexity index is 1110. The molecular weight excluding hydrogens is 467 g/mol. The number of nitrogens with one attached hydrogen (secondary N) is 1. The Labute approximate surface area is 210 Å².